The molecule has 314 valence electrons. The van der Waals surface area contributed by atoms with Crippen molar-refractivity contribution >= 4 is 17.0 Å². The van der Waals surface area contributed by atoms with Crippen molar-refractivity contribution in [2.75, 3.05) is 13.2 Å². The molecule has 57 heavy (non-hydrogen) atoms. The quantitative estimate of drug-likeness (QED) is 0.0266. The lowest BCUT2D eigenvalue weighted by atomic mass is 10.0. The Kier molecular flexibility index (Phi) is 27.4. The summed E-state index contributed by atoms with van der Waals surface area (Å²) in [5, 5.41) is 0. The molecule has 0 saturated carbocycles. The summed E-state index contributed by atoms with van der Waals surface area (Å²) >= 11 is -1.47. The maximum atomic E-state index is 12.8. The van der Waals surface area contributed by atoms with Gasteiger partial charge in [0.25, 0.3) is 0 Å². The Bertz CT molecular complexity index is 1520. The molecule has 0 aliphatic heterocycles. The van der Waals surface area contributed by atoms with Gasteiger partial charge in [0.1, 0.15) is 11.5 Å². The first-order chi connectivity index (χ1) is 28.1. The topological polar surface area (TPSA) is 61.8 Å². The number of carbonyl (C=O) groups excluding carboxylic acids is 1. The number of esters is 1. The number of unbranched alkanes of at least 4 members (excludes halogenated alkanes) is 24. The van der Waals surface area contributed by atoms with Crippen molar-refractivity contribution in [3.05, 3.63) is 89.5 Å². The highest BCUT2D eigenvalue weighted by molar-refractivity contribution is 7.80. The van der Waals surface area contributed by atoms with E-state index in [1.807, 2.05) is 48.5 Å². The van der Waals surface area contributed by atoms with E-state index in [2.05, 4.69) is 25.7 Å². The lowest BCUT2D eigenvalue weighted by Crippen LogP contribution is -2.08. The van der Waals surface area contributed by atoms with E-state index in [1.54, 1.807) is 24.3 Å². The molecule has 3 aromatic rings. The van der Waals surface area contributed by atoms with Crippen LogP contribution in [0.4, 0.5) is 0 Å². The van der Waals surface area contributed by atoms with E-state index >= 15 is 0 Å². The monoisotopic (exact) mass is 799 g/mol. The van der Waals surface area contributed by atoms with Crippen LogP contribution in [-0.4, -0.2) is 23.4 Å². The van der Waals surface area contributed by atoms with Crippen LogP contribution >= 0.6 is 0 Å². The third kappa shape index (κ3) is 23.6. The van der Waals surface area contributed by atoms with Crippen LogP contribution in [0.25, 0.3) is 0 Å². The van der Waals surface area contributed by atoms with Gasteiger partial charge in [-0.15, -0.1) is 0 Å². The SMILES string of the molecule is CCCCCCCCCCCCCCCCCCOc1ccc(C(=O)Oc2ccc(C#Cc3ccc(S(=O)OCCCCCCCCCCCC)cc3)cc2)cc1. The summed E-state index contributed by atoms with van der Waals surface area (Å²) in [6.07, 6.45) is 34.2. The van der Waals surface area contributed by atoms with E-state index in [9.17, 15) is 9.00 Å². The standard InChI is InChI=1S/C51H74O5S/c1-3-5-7-9-11-13-15-16-17-18-19-20-21-23-25-27-43-54-48-39-35-47(36-40-48)51(52)56-49-37-31-45(32-38-49)29-30-46-33-41-50(42-34-46)57(53)55-44-28-26-24-22-14-12-10-8-6-4-2/h31-42H,3-28,43-44H2,1-2H3. The van der Waals surface area contributed by atoms with E-state index in [1.165, 1.54) is 148 Å². The second kappa shape index (κ2) is 32.5. The van der Waals surface area contributed by atoms with Gasteiger partial charge in [-0.05, 0) is 85.6 Å². The van der Waals surface area contributed by atoms with Gasteiger partial charge in [-0.25, -0.2) is 9.00 Å². The number of hydrogen-bond acceptors (Lipinski definition) is 5. The number of benzene rings is 3. The second-order valence-electron chi connectivity index (χ2n) is 15.6. The molecule has 0 radical (unpaired) electrons. The van der Waals surface area contributed by atoms with Crippen molar-refractivity contribution in [1.82, 2.24) is 0 Å². The molecule has 0 aromatic heterocycles. The molecule has 3 rings (SSSR count). The third-order valence-corrected chi connectivity index (χ3v) is 11.5. The van der Waals surface area contributed by atoms with Crippen LogP contribution in [0.5, 0.6) is 11.5 Å². The first kappa shape index (κ1) is 48.0. The van der Waals surface area contributed by atoms with Crippen molar-refractivity contribution in [3.8, 4) is 23.3 Å². The molecule has 0 heterocycles. The summed E-state index contributed by atoms with van der Waals surface area (Å²) in [7, 11) is 0. The fourth-order valence-electron chi connectivity index (χ4n) is 6.89. The Hall–Kier alpha value is -3.40. The molecule has 0 aliphatic rings. The van der Waals surface area contributed by atoms with E-state index < -0.39 is 17.0 Å². The second-order valence-corrected chi connectivity index (χ2v) is 16.8. The van der Waals surface area contributed by atoms with Gasteiger partial charge in [0.15, 0.2) is 11.1 Å². The maximum Gasteiger partial charge on any atom is 0.343 e. The molecular weight excluding hydrogens is 725 g/mol. The normalized spacial score (nSPS) is 11.5. The van der Waals surface area contributed by atoms with Crippen LogP contribution in [0.15, 0.2) is 77.7 Å². The van der Waals surface area contributed by atoms with Gasteiger partial charge in [-0.2, -0.15) is 0 Å². The summed E-state index contributed by atoms with van der Waals surface area (Å²) < 4.78 is 29.7. The highest BCUT2D eigenvalue weighted by Gasteiger charge is 2.09. The van der Waals surface area contributed by atoms with E-state index in [0.717, 1.165) is 36.1 Å². The number of hydrogen-bond donors (Lipinski definition) is 0. The van der Waals surface area contributed by atoms with E-state index in [4.69, 9.17) is 13.7 Å². The van der Waals surface area contributed by atoms with Crippen molar-refractivity contribution in [2.45, 2.75) is 186 Å². The third-order valence-electron chi connectivity index (χ3n) is 10.5. The van der Waals surface area contributed by atoms with Crippen molar-refractivity contribution in [1.29, 1.82) is 0 Å². The van der Waals surface area contributed by atoms with Crippen LogP contribution in [0.3, 0.4) is 0 Å². The van der Waals surface area contributed by atoms with Gasteiger partial charge >= 0.3 is 5.97 Å². The van der Waals surface area contributed by atoms with Crippen LogP contribution in [0.1, 0.15) is 202 Å². The maximum absolute atomic E-state index is 12.8. The Balaban J connectivity index is 1.22. The Morgan fingerprint density at radius 2 is 0.825 bits per heavy atom. The van der Waals surface area contributed by atoms with Crippen LogP contribution < -0.4 is 9.47 Å². The summed E-state index contributed by atoms with van der Waals surface area (Å²) in [4.78, 5) is 13.4. The lowest BCUT2D eigenvalue weighted by Gasteiger charge is -2.08. The molecule has 0 saturated heterocycles. The number of ether oxygens (including phenoxy) is 2. The summed E-state index contributed by atoms with van der Waals surface area (Å²) in [5.41, 5.74) is 2.09. The van der Waals surface area contributed by atoms with E-state index in [0.29, 0.717) is 29.4 Å². The Morgan fingerprint density at radius 3 is 1.26 bits per heavy atom. The molecule has 0 fully saturated rings. The van der Waals surface area contributed by atoms with E-state index in [-0.39, 0.29) is 0 Å². The van der Waals surface area contributed by atoms with Gasteiger partial charge in [-0.1, -0.05) is 180 Å². The minimum absolute atomic E-state index is 0.414. The van der Waals surface area contributed by atoms with Gasteiger partial charge < -0.3 is 9.47 Å². The Morgan fingerprint density at radius 1 is 0.456 bits per heavy atom. The molecule has 0 aliphatic carbocycles. The van der Waals surface area contributed by atoms with Crippen molar-refractivity contribution < 1.29 is 22.7 Å². The first-order valence-electron chi connectivity index (χ1n) is 22.8. The number of carbonyl (C=O) groups is 1. The zero-order valence-corrected chi connectivity index (χ0v) is 36.5. The molecule has 6 heteroatoms. The molecule has 0 bridgehead atoms. The predicted octanol–water partition coefficient (Wildman–Crippen LogP) is 14.9. The minimum atomic E-state index is -1.47. The summed E-state index contributed by atoms with van der Waals surface area (Å²) in [6.45, 7) is 5.74. The molecule has 1 unspecified atom stereocenters. The molecule has 0 amide bonds. The van der Waals surface area contributed by atoms with Gasteiger partial charge in [0.2, 0.25) is 0 Å². The largest absolute Gasteiger partial charge is 0.494 e. The Labute approximate surface area is 350 Å². The summed E-state index contributed by atoms with van der Waals surface area (Å²) in [5.74, 6) is 7.10. The molecular formula is C51H74O5S. The van der Waals surface area contributed by atoms with Crippen molar-refractivity contribution in [3.63, 3.8) is 0 Å². The van der Waals surface area contributed by atoms with Gasteiger partial charge in [0.05, 0.1) is 23.7 Å². The average Bonchev–Trinajstić information content (AvgIpc) is 3.24. The molecule has 5 nitrogen and oxygen atoms in total. The number of rotatable bonds is 33. The lowest BCUT2D eigenvalue weighted by molar-refractivity contribution is 0.0734. The zero-order chi connectivity index (χ0) is 40.4. The fraction of sp³-hybridized carbons (Fsp3) is 0.588. The molecule has 0 N–H and O–H groups in total. The molecule has 3 aromatic carbocycles. The van der Waals surface area contributed by atoms with Crippen LogP contribution in [0, 0.1) is 11.8 Å². The van der Waals surface area contributed by atoms with Gasteiger partial charge in [0, 0.05) is 11.1 Å². The smallest absolute Gasteiger partial charge is 0.343 e. The first-order valence-corrected chi connectivity index (χ1v) is 23.9. The fourth-order valence-corrected chi connectivity index (χ4v) is 7.65. The molecule has 1 atom stereocenters. The van der Waals surface area contributed by atoms with Crippen LogP contribution in [0.2, 0.25) is 0 Å². The molecule has 0 spiro atoms. The van der Waals surface area contributed by atoms with Crippen LogP contribution in [-0.2, 0) is 15.3 Å². The summed E-state index contributed by atoms with van der Waals surface area (Å²) in [6, 6.07) is 21.6. The van der Waals surface area contributed by atoms with Gasteiger partial charge in [-0.3, -0.25) is 4.18 Å². The predicted molar refractivity (Wildman–Crippen MR) is 240 cm³/mol. The highest BCUT2D eigenvalue weighted by Crippen LogP contribution is 2.19. The van der Waals surface area contributed by atoms with Crippen molar-refractivity contribution in [2.24, 2.45) is 0 Å². The zero-order valence-electron chi connectivity index (χ0n) is 35.7. The average molecular weight is 799 g/mol. The highest BCUT2D eigenvalue weighted by atomic mass is 32.2. The minimum Gasteiger partial charge on any atom is -0.494 e.